The average Bonchev–Trinajstić information content (AvgIpc) is 3.28. The predicted molar refractivity (Wildman–Crippen MR) is 127 cm³/mol. The Labute approximate surface area is 183 Å². The van der Waals surface area contributed by atoms with E-state index < -0.39 is 0 Å². The lowest BCUT2D eigenvalue weighted by molar-refractivity contribution is 0.271. The lowest BCUT2D eigenvalue weighted by Crippen LogP contribution is -2.07. The van der Waals surface area contributed by atoms with Gasteiger partial charge in [0.1, 0.15) is 17.0 Å². The number of ether oxygens (including phenoxy) is 1. The van der Waals surface area contributed by atoms with Crippen molar-refractivity contribution in [1.82, 2.24) is 14.8 Å². The summed E-state index contributed by atoms with van der Waals surface area (Å²) in [4.78, 5) is 28.3. The Morgan fingerprint density at radius 3 is 2.47 bits per heavy atom. The minimum absolute atomic E-state index is 0.0416. The van der Waals surface area contributed by atoms with E-state index in [4.69, 9.17) is 9.15 Å². The van der Waals surface area contributed by atoms with E-state index in [0.717, 1.165) is 22.2 Å². The maximum atomic E-state index is 13.0. The number of nitrogens with zero attached hydrogens (tertiary/aromatic N) is 1. The van der Waals surface area contributed by atoms with Crippen LogP contribution in [0.5, 0.6) is 5.75 Å². The number of hydrogen-bond acceptors (Lipinski definition) is 4. The molecule has 5 rings (SSSR count). The molecule has 164 valence electrons. The molecule has 0 saturated carbocycles. The third-order valence-corrected chi connectivity index (χ3v) is 5.55. The van der Waals surface area contributed by atoms with Gasteiger partial charge in [-0.3, -0.25) is 19.4 Å². The van der Waals surface area contributed by atoms with Crippen molar-refractivity contribution in [2.75, 3.05) is 6.61 Å². The number of aromatic nitrogens is 3. The molecule has 3 heterocycles. The van der Waals surface area contributed by atoms with Crippen molar-refractivity contribution in [3.05, 3.63) is 63.0 Å². The molecule has 0 aliphatic carbocycles. The molecule has 2 aromatic carbocycles. The van der Waals surface area contributed by atoms with Gasteiger partial charge in [-0.05, 0) is 49.6 Å². The monoisotopic (exact) mass is 431 g/mol. The minimum Gasteiger partial charge on any atom is -0.493 e. The van der Waals surface area contributed by atoms with Crippen LogP contribution < -0.4 is 15.7 Å². The van der Waals surface area contributed by atoms with Gasteiger partial charge >= 0.3 is 0 Å². The molecule has 5 aromatic rings. The second kappa shape index (κ2) is 7.44. The molecule has 7 heteroatoms. The molecule has 2 N–H and O–H groups in total. The van der Waals surface area contributed by atoms with E-state index in [-0.39, 0.29) is 17.0 Å². The fourth-order valence-corrected chi connectivity index (χ4v) is 4.06. The summed E-state index contributed by atoms with van der Waals surface area (Å²) < 4.78 is 13.8. The van der Waals surface area contributed by atoms with Crippen LogP contribution in [-0.4, -0.2) is 21.4 Å². The maximum Gasteiger partial charge on any atom is 0.274 e. The summed E-state index contributed by atoms with van der Waals surface area (Å²) in [7, 11) is 0. The Morgan fingerprint density at radius 2 is 1.78 bits per heavy atom. The summed E-state index contributed by atoms with van der Waals surface area (Å²) >= 11 is 0. The van der Waals surface area contributed by atoms with Crippen LogP contribution in [0.15, 0.2) is 56.5 Å². The van der Waals surface area contributed by atoms with Crippen molar-refractivity contribution >= 4 is 33.1 Å². The van der Waals surface area contributed by atoms with Crippen molar-refractivity contribution in [3.63, 3.8) is 0 Å². The summed E-state index contributed by atoms with van der Waals surface area (Å²) in [6, 6.07) is 12.5. The summed E-state index contributed by atoms with van der Waals surface area (Å²) in [5, 5.41) is 4.25. The Kier molecular flexibility index (Phi) is 4.69. The first kappa shape index (κ1) is 20.2. The van der Waals surface area contributed by atoms with Crippen LogP contribution in [0.4, 0.5) is 0 Å². The molecule has 0 saturated heterocycles. The fraction of sp³-hybridized carbons (Fsp3) is 0.280. The average molecular weight is 431 g/mol. The molecule has 0 amide bonds. The van der Waals surface area contributed by atoms with Crippen LogP contribution in [-0.2, 0) is 0 Å². The van der Waals surface area contributed by atoms with Gasteiger partial charge in [0, 0.05) is 23.1 Å². The van der Waals surface area contributed by atoms with E-state index in [9.17, 15) is 9.59 Å². The highest BCUT2D eigenvalue weighted by Crippen LogP contribution is 2.38. The van der Waals surface area contributed by atoms with Crippen molar-refractivity contribution in [2.45, 2.75) is 33.7 Å². The summed E-state index contributed by atoms with van der Waals surface area (Å²) in [5.41, 5.74) is 3.65. The Hall–Kier alpha value is -3.74. The Bertz CT molecular complexity index is 1560. The van der Waals surface area contributed by atoms with Gasteiger partial charge in [-0.15, -0.1) is 0 Å². The molecule has 7 nitrogen and oxygen atoms in total. The van der Waals surface area contributed by atoms with Crippen LogP contribution in [0.2, 0.25) is 0 Å². The normalized spacial score (nSPS) is 12.1. The van der Waals surface area contributed by atoms with Gasteiger partial charge in [0.2, 0.25) is 0 Å². The zero-order chi connectivity index (χ0) is 22.6. The van der Waals surface area contributed by atoms with Crippen LogP contribution in [0.25, 0.3) is 44.2 Å². The molecule has 0 bridgehead atoms. The molecular weight excluding hydrogens is 406 g/mol. The van der Waals surface area contributed by atoms with Crippen LogP contribution in [0.1, 0.15) is 33.7 Å². The molecule has 3 aromatic heterocycles. The van der Waals surface area contributed by atoms with Crippen LogP contribution in [0.3, 0.4) is 0 Å². The number of benzene rings is 2. The van der Waals surface area contributed by atoms with Crippen LogP contribution in [0, 0.1) is 5.92 Å². The highest BCUT2D eigenvalue weighted by Gasteiger charge is 2.22. The standard InChI is InChI=1S/C25H25N3O4/c1-13(2)12-31-17-8-5-15(6-9-17)20-21-24(28(14(3)4)27-25(21)30)26-22-18-10-7-16(29)11-19(18)32-23(20)22/h5-11,13-14,26H,12H2,1-4H3,(H,27,30). The van der Waals surface area contributed by atoms with Crippen LogP contribution >= 0.6 is 0 Å². The largest absolute Gasteiger partial charge is 0.493 e. The van der Waals surface area contributed by atoms with Gasteiger partial charge in [0.15, 0.2) is 11.0 Å². The van der Waals surface area contributed by atoms with Crippen molar-refractivity contribution in [1.29, 1.82) is 0 Å². The lowest BCUT2D eigenvalue weighted by Gasteiger charge is -2.11. The van der Waals surface area contributed by atoms with Crippen molar-refractivity contribution in [2.24, 2.45) is 5.92 Å². The molecule has 0 atom stereocenters. The summed E-state index contributed by atoms with van der Waals surface area (Å²) in [6.07, 6.45) is 0. The predicted octanol–water partition coefficient (Wildman–Crippen LogP) is 5.20. The summed E-state index contributed by atoms with van der Waals surface area (Å²) in [5.74, 6) is 1.20. The molecule has 0 radical (unpaired) electrons. The number of H-pyrrole nitrogens is 2. The number of nitrogens with one attached hydrogen (secondary N) is 2. The number of aromatic amines is 2. The van der Waals surface area contributed by atoms with Gasteiger partial charge in [-0.1, -0.05) is 26.0 Å². The van der Waals surface area contributed by atoms with Crippen molar-refractivity contribution < 1.29 is 9.15 Å². The quantitative estimate of drug-likeness (QED) is 0.400. The topological polar surface area (TPSA) is 93.0 Å². The Balaban J connectivity index is 1.83. The third kappa shape index (κ3) is 3.21. The number of rotatable bonds is 5. The smallest absolute Gasteiger partial charge is 0.274 e. The molecule has 0 aliphatic rings. The van der Waals surface area contributed by atoms with Gasteiger partial charge in [-0.25, -0.2) is 0 Å². The maximum absolute atomic E-state index is 13.0. The van der Waals surface area contributed by atoms with E-state index >= 15 is 0 Å². The zero-order valence-electron chi connectivity index (χ0n) is 18.5. The first-order valence-electron chi connectivity index (χ1n) is 10.8. The third-order valence-electron chi connectivity index (χ3n) is 5.55. The molecule has 0 unspecified atom stereocenters. The van der Waals surface area contributed by atoms with E-state index in [1.807, 2.05) is 42.8 Å². The van der Waals surface area contributed by atoms with E-state index in [1.165, 1.54) is 12.1 Å². The van der Waals surface area contributed by atoms with E-state index in [0.29, 0.717) is 40.3 Å². The molecule has 0 fully saturated rings. The molecule has 32 heavy (non-hydrogen) atoms. The summed E-state index contributed by atoms with van der Waals surface area (Å²) in [6.45, 7) is 8.84. The number of pyridine rings is 1. The Morgan fingerprint density at radius 1 is 1.03 bits per heavy atom. The first-order valence-corrected chi connectivity index (χ1v) is 10.8. The number of fused-ring (bicyclic) bond motifs is 4. The number of furan rings is 1. The van der Waals surface area contributed by atoms with E-state index in [2.05, 4.69) is 23.9 Å². The van der Waals surface area contributed by atoms with Gasteiger partial charge in [0.05, 0.1) is 17.5 Å². The van der Waals surface area contributed by atoms with Gasteiger partial charge < -0.3 is 14.1 Å². The highest BCUT2D eigenvalue weighted by atomic mass is 16.5. The van der Waals surface area contributed by atoms with E-state index in [1.54, 1.807) is 6.07 Å². The molecular formula is C25H25N3O4. The van der Waals surface area contributed by atoms with Crippen molar-refractivity contribution in [3.8, 4) is 16.9 Å². The van der Waals surface area contributed by atoms with Gasteiger partial charge in [0.25, 0.3) is 5.56 Å². The molecule has 0 aliphatic heterocycles. The first-order chi connectivity index (χ1) is 15.3. The minimum atomic E-state index is -0.202. The second-order valence-electron chi connectivity index (χ2n) is 8.82. The van der Waals surface area contributed by atoms with Gasteiger partial charge in [-0.2, -0.15) is 0 Å². The second-order valence-corrected chi connectivity index (χ2v) is 8.82. The SMILES string of the molecule is CC(C)COc1ccc(-c2c3oc4cc(=O)ccc4c3[nH]c3c2c(=O)[nH]n3C(C)C)cc1. The zero-order valence-corrected chi connectivity index (χ0v) is 18.5. The lowest BCUT2D eigenvalue weighted by atomic mass is 10.0. The highest BCUT2D eigenvalue weighted by molar-refractivity contribution is 6.14. The number of hydrogen-bond donors (Lipinski definition) is 2. The fourth-order valence-electron chi connectivity index (χ4n) is 4.06. The molecule has 0 spiro atoms.